The molecule has 2 heterocycles. The molecule has 2 aromatic carbocycles. The summed E-state index contributed by atoms with van der Waals surface area (Å²) in [5.41, 5.74) is 5.72. The highest BCUT2D eigenvalue weighted by Crippen LogP contribution is 2.43. The van der Waals surface area contributed by atoms with Crippen molar-refractivity contribution in [2.75, 3.05) is 13.1 Å². The number of amides is 1. The Bertz CT molecular complexity index is 1290. The van der Waals surface area contributed by atoms with Gasteiger partial charge in [-0.2, -0.15) is 0 Å². The van der Waals surface area contributed by atoms with Crippen molar-refractivity contribution < 1.29 is 9.59 Å². The van der Waals surface area contributed by atoms with Crippen molar-refractivity contribution in [3.63, 3.8) is 0 Å². The van der Waals surface area contributed by atoms with Gasteiger partial charge in [0.05, 0.1) is 0 Å². The number of ketones is 1. The fourth-order valence-electron chi connectivity index (χ4n) is 5.47. The fourth-order valence-corrected chi connectivity index (χ4v) is 5.47. The molecule has 1 saturated heterocycles. The normalized spacial score (nSPS) is 19.8. The lowest BCUT2D eigenvalue weighted by molar-refractivity contribution is -0.128. The van der Waals surface area contributed by atoms with Crippen LogP contribution < -0.4 is 0 Å². The zero-order valence-electron chi connectivity index (χ0n) is 22.0. The van der Waals surface area contributed by atoms with Crippen molar-refractivity contribution in [2.24, 2.45) is 5.92 Å². The van der Waals surface area contributed by atoms with Crippen LogP contribution >= 0.6 is 0 Å². The van der Waals surface area contributed by atoms with E-state index >= 15 is 0 Å². The molecule has 0 spiro atoms. The first-order valence-electron chi connectivity index (χ1n) is 13.1. The van der Waals surface area contributed by atoms with E-state index in [1.54, 1.807) is 11.8 Å². The predicted molar refractivity (Wildman–Crippen MR) is 141 cm³/mol. The predicted octanol–water partition coefficient (Wildman–Crippen LogP) is 5.39. The lowest BCUT2D eigenvalue weighted by Gasteiger charge is -2.19. The molecule has 6 heteroatoms. The molecule has 2 aliphatic rings. The number of carbonyl (C=O) groups excluding carboxylic acids is 2. The minimum Gasteiger partial charge on any atom is -0.341 e. The second kappa shape index (κ2) is 9.64. The smallest absolute Gasteiger partial charge is 0.219 e. The van der Waals surface area contributed by atoms with E-state index in [1.807, 2.05) is 0 Å². The molecular weight excluding hydrogens is 448 g/mol. The summed E-state index contributed by atoms with van der Waals surface area (Å²) in [5.74, 6) is 1.92. The van der Waals surface area contributed by atoms with E-state index in [-0.39, 0.29) is 23.5 Å². The molecule has 1 amide bonds. The van der Waals surface area contributed by atoms with Crippen molar-refractivity contribution in [3.05, 3.63) is 70.5 Å². The van der Waals surface area contributed by atoms with Gasteiger partial charge in [0.25, 0.3) is 0 Å². The number of benzene rings is 2. The van der Waals surface area contributed by atoms with E-state index in [4.69, 9.17) is 0 Å². The highest BCUT2D eigenvalue weighted by molar-refractivity contribution is 5.86. The van der Waals surface area contributed by atoms with Gasteiger partial charge in [0.2, 0.25) is 5.91 Å². The third-order valence-electron chi connectivity index (χ3n) is 7.84. The summed E-state index contributed by atoms with van der Waals surface area (Å²) in [6.07, 6.45) is 2.55. The molecule has 1 saturated carbocycles. The zero-order chi connectivity index (χ0) is 25.6. The zero-order valence-corrected chi connectivity index (χ0v) is 22.0. The van der Waals surface area contributed by atoms with Gasteiger partial charge in [0.15, 0.2) is 5.82 Å². The summed E-state index contributed by atoms with van der Waals surface area (Å²) in [7, 11) is 0. The largest absolute Gasteiger partial charge is 0.341 e. The van der Waals surface area contributed by atoms with Gasteiger partial charge >= 0.3 is 0 Å². The molecule has 1 aliphatic carbocycles. The Balaban J connectivity index is 1.49. The molecule has 188 valence electrons. The third-order valence-corrected chi connectivity index (χ3v) is 7.84. The summed E-state index contributed by atoms with van der Waals surface area (Å²) in [6, 6.07) is 15.2. The number of rotatable bonds is 7. The van der Waals surface area contributed by atoms with Crippen LogP contribution in [0, 0.1) is 19.8 Å². The Morgan fingerprint density at radius 2 is 1.72 bits per heavy atom. The Labute approximate surface area is 213 Å². The second-order valence-corrected chi connectivity index (χ2v) is 11.0. The van der Waals surface area contributed by atoms with Crippen LogP contribution in [-0.2, 0) is 16.0 Å². The van der Waals surface area contributed by atoms with Crippen LogP contribution in [0.4, 0.5) is 0 Å². The maximum absolute atomic E-state index is 13.7. The van der Waals surface area contributed by atoms with Gasteiger partial charge in [-0.1, -0.05) is 61.9 Å². The maximum Gasteiger partial charge on any atom is 0.219 e. The second-order valence-electron chi connectivity index (χ2n) is 11.0. The Kier molecular flexibility index (Phi) is 6.54. The van der Waals surface area contributed by atoms with Crippen LogP contribution in [0.25, 0.3) is 11.4 Å². The maximum atomic E-state index is 13.7. The minimum atomic E-state index is -0.285. The first-order chi connectivity index (χ1) is 17.2. The third kappa shape index (κ3) is 4.73. The molecule has 0 radical (unpaired) electrons. The molecule has 5 rings (SSSR count). The van der Waals surface area contributed by atoms with Crippen LogP contribution in [0.2, 0.25) is 0 Å². The number of Topliss-reactive ketones (excluding diaryl/α,β-unsaturated/α-hetero) is 1. The molecule has 0 unspecified atom stereocenters. The van der Waals surface area contributed by atoms with Gasteiger partial charge in [-0.05, 0) is 49.3 Å². The fraction of sp³-hybridized carbons (Fsp3) is 0.467. The molecule has 6 nitrogen and oxygen atoms in total. The number of aryl methyl sites for hydroxylation is 2. The quantitative estimate of drug-likeness (QED) is 0.451. The van der Waals surface area contributed by atoms with Crippen molar-refractivity contribution in [1.29, 1.82) is 0 Å². The number of nitrogens with zero attached hydrogens (tertiary/aromatic N) is 4. The molecular formula is C30H36N4O2. The van der Waals surface area contributed by atoms with E-state index in [0.717, 1.165) is 41.2 Å². The van der Waals surface area contributed by atoms with Crippen molar-refractivity contribution in [2.45, 2.75) is 71.8 Å². The standard InChI is InChI=1S/C30H36N4O2/c1-18(2)22-8-10-23(11-9-22)29-31-32-30(34(29)25-12-13-25)27-17-33(21(5)35)16-26(27)28(36)15-24-7-6-19(3)14-20(24)4/h6-11,14,18,25-27H,12-13,15-17H2,1-5H3/t26-,27-/m1/s1. The van der Waals surface area contributed by atoms with Gasteiger partial charge < -0.3 is 9.47 Å². The lowest BCUT2D eigenvalue weighted by atomic mass is 9.87. The SMILES string of the molecule is CC(=O)N1C[C@@H](C(=O)Cc2ccc(C)cc2C)[C@H](c2nnc(-c3ccc(C(C)C)cc3)n2C2CC2)C1. The molecule has 0 N–H and O–H groups in total. The first kappa shape index (κ1) is 24.4. The van der Waals surface area contributed by atoms with Gasteiger partial charge in [-0.25, -0.2) is 0 Å². The van der Waals surface area contributed by atoms with E-state index in [2.05, 4.69) is 84.9 Å². The highest BCUT2D eigenvalue weighted by atomic mass is 16.2. The summed E-state index contributed by atoms with van der Waals surface area (Å²) in [6.45, 7) is 11.0. The minimum absolute atomic E-state index is 0.00352. The molecule has 1 aromatic heterocycles. The molecule has 2 fully saturated rings. The van der Waals surface area contributed by atoms with E-state index in [9.17, 15) is 9.59 Å². The summed E-state index contributed by atoms with van der Waals surface area (Å²) in [5, 5.41) is 9.32. The molecule has 2 atom stereocenters. The number of carbonyl (C=O) groups is 2. The first-order valence-corrected chi connectivity index (χ1v) is 13.1. The average Bonchev–Trinajstić information content (AvgIpc) is 3.42. The molecule has 1 aliphatic heterocycles. The summed E-state index contributed by atoms with van der Waals surface area (Å²) in [4.78, 5) is 27.8. The Morgan fingerprint density at radius 3 is 2.33 bits per heavy atom. The van der Waals surface area contributed by atoms with Gasteiger partial charge in [-0.15, -0.1) is 10.2 Å². The van der Waals surface area contributed by atoms with Crippen molar-refractivity contribution in [3.8, 4) is 11.4 Å². The Morgan fingerprint density at radius 1 is 1.00 bits per heavy atom. The lowest BCUT2D eigenvalue weighted by Crippen LogP contribution is -2.28. The highest BCUT2D eigenvalue weighted by Gasteiger charge is 2.44. The van der Waals surface area contributed by atoms with Gasteiger partial charge in [0, 0.05) is 49.9 Å². The number of hydrogen-bond donors (Lipinski definition) is 0. The number of aromatic nitrogens is 3. The number of hydrogen-bond acceptors (Lipinski definition) is 4. The molecule has 0 bridgehead atoms. The average molecular weight is 485 g/mol. The molecule has 36 heavy (non-hydrogen) atoms. The van der Waals surface area contributed by atoms with Crippen LogP contribution in [-0.4, -0.2) is 44.4 Å². The topological polar surface area (TPSA) is 68.1 Å². The Hall–Kier alpha value is -3.28. The van der Waals surface area contributed by atoms with Crippen LogP contribution in [0.1, 0.15) is 79.6 Å². The summed E-state index contributed by atoms with van der Waals surface area (Å²) >= 11 is 0. The van der Waals surface area contributed by atoms with Crippen LogP contribution in [0.15, 0.2) is 42.5 Å². The number of likely N-dealkylation sites (tertiary alicyclic amines) is 1. The van der Waals surface area contributed by atoms with Crippen LogP contribution in [0.3, 0.4) is 0 Å². The van der Waals surface area contributed by atoms with Gasteiger partial charge in [0.1, 0.15) is 11.6 Å². The van der Waals surface area contributed by atoms with E-state index < -0.39 is 0 Å². The van der Waals surface area contributed by atoms with Crippen molar-refractivity contribution >= 4 is 11.7 Å². The monoisotopic (exact) mass is 484 g/mol. The van der Waals surface area contributed by atoms with Crippen LogP contribution in [0.5, 0.6) is 0 Å². The van der Waals surface area contributed by atoms with Crippen molar-refractivity contribution in [1.82, 2.24) is 19.7 Å². The van der Waals surface area contributed by atoms with Gasteiger partial charge in [-0.3, -0.25) is 9.59 Å². The molecule has 3 aromatic rings. The summed E-state index contributed by atoms with van der Waals surface area (Å²) < 4.78 is 2.26. The van der Waals surface area contributed by atoms with E-state index in [0.29, 0.717) is 31.5 Å². The van der Waals surface area contributed by atoms with E-state index in [1.165, 1.54) is 11.1 Å².